The second-order valence-electron chi connectivity index (χ2n) is 6.89. The fourth-order valence-corrected chi connectivity index (χ4v) is 9.28. The summed E-state index contributed by atoms with van der Waals surface area (Å²) in [6.07, 6.45) is 2.40. The van der Waals surface area contributed by atoms with E-state index >= 15 is 0 Å². The van der Waals surface area contributed by atoms with E-state index in [1.54, 1.807) is 15.9 Å². The maximum atomic E-state index is 2.37. The average Bonchev–Trinajstić information content (AvgIpc) is 2.62. The van der Waals surface area contributed by atoms with Gasteiger partial charge in [0, 0.05) is 0 Å². The second-order valence-corrected chi connectivity index (χ2v) is 10.4. The number of hydrogen-bond acceptors (Lipinski definition) is 0. The predicted octanol–water partition coefficient (Wildman–Crippen LogP) is 5.32. The minimum atomic E-state index is -1.67. The zero-order valence-corrected chi connectivity index (χ0v) is 16.7. The molecule has 0 amide bonds. The summed E-state index contributed by atoms with van der Waals surface area (Å²) in [5.74, 6) is 0. The third kappa shape index (κ3) is 3.16. The molecule has 0 saturated carbocycles. The number of aryl methyl sites for hydroxylation is 3. The van der Waals surface area contributed by atoms with Gasteiger partial charge in [-0.2, -0.15) is 0 Å². The Morgan fingerprint density at radius 2 is 0.880 bits per heavy atom. The van der Waals surface area contributed by atoms with Crippen molar-refractivity contribution in [3.05, 3.63) is 89.5 Å². The maximum Gasteiger partial charge on any atom is 0.112 e. The summed E-state index contributed by atoms with van der Waals surface area (Å²) >= 11 is 0. The fourth-order valence-electron chi connectivity index (χ4n) is 4.06. The van der Waals surface area contributed by atoms with Gasteiger partial charge in [0.05, 0.1) is 6.16 Å². The van der Waals surface area contributed by atoms with Crippen molar-refractivity contribution in [1.29, 1.82) is 0 Å². The van der Waals surface area contributed by atoms with Crippen molar-refractivity contribution < 1.29 is 0 Å². The zero-order valence-electron chi connectivity index (χ0n) is 15.8. The molecule has 0 atom stereocenters. The lowest BCUT2D eigenvalue weighted by molar-refractivity contribution is 1.09. The minimum Gasteiger partial charge on any atom is -0.0619 e. The molecule has 0 radical (unpaired) electrons. The van der Waals surface area contributed by atoms with Crippen LogP contribution in [0.4, 0.5) is 0 Å². The molecule has 0 aliphatic rings. The minimum absolute atomic E-state index is 1.19. The summed E-state index contributed by atoms with van der Waals surface area (Å²) in [5, 5.41) is 4.63. The Morgan fingerprint density at radius 1 is 0.560 bits per heavy atom. The Balaban J connectivity index is 2.44. The molecule has 0 N–H and O–H groups in total. The largest absolute Gasteiger partial charge is 0.112 e. The normalized spacial score (nSPS) is 11.5. The van der Waals surface area contributed by atoms with Crippen LogP contribution >= 0.6 is 7.26 Å². The molecule has 3 aromatic carbocycles. The van der Waals surface area contributed by atoms with Crippen LogP contribution in [0.2, 0.25) is 0 Å². The third-order valence-corrected chi connectivity index (χ3v) is 10.2. The van der Waals surface area contributed by atoms with Gasteiger partial charge in [0.1, 0.15) is 23.2 Å². The Morgan fingerprint density at radius 3 is 1.16 bits per heavy atom. The van der Waals surface area contributed by atoms with Gasteiger partial charge < -0.3 is 0 Å². The van der Waals surface area contributed by atoms with E-state index in [0.717, 1.165) is 0 Å². The summed E-state index contributed by atoms with van der Waals surface area (Å²) in [6, 6.07) is 27.1. The molecule has 3 rings (SSSR count). The fraction of sp³-hybridized carbons (Fsp3) is 0.250. The molecule has 0 spiro atoms. The molecule has 0 aromatic heterocycles. The van der Waals surface area contributed by atoms with Gasteiger partial charge in [0.2, 0.25) is 0 Å². The molecule has 128 valence electrons. The van der Waals surface area contributed by atoms with E-state index in [4.69, 9.17) is 0 Å². The molecule has 0 unspecified atom stereocenters. The zero-order chi connectivity index (χ0) is 17.9. The maximum absolute atomic E-state index is 2.37. The average molecular weight is 347 g/mol. The van der Waals surface area contributed by atoms with E-state index in [0.29, 0.717) is 0 Å². The quantitative estimate of drug-likeness (QED) is 0.548. The molecule has 0 aliphatic heterocycles. The van der Waals surface area contributed by atoms with E-state index < -0.39 is 7.26 Å². The second kappa shape index (κ2) is 7.54. The van der Waals surface area contributed by atoms with Crippen molar-refractivity contribution in [1.82, 2.24) is 0 Å². The predicted molar refractivity (Wildman–Crippen MR) is 115 cm³/mol. The standard InChI is InChI=1S/C24H28P/c1-5-18-25(22-15-9-6-12-19(22)2,23-16-10-7-13-20(23)3)24-17-11-8-14-21(24)4/h6-17H,5,18H2,1-4H3/q+1. The third-order valence-electron chi connectivity index (χ3n) is 5.14. The number of hydrogen-bond donors (Lipinski definition) is 0. The van der Waals surface area contributed by atoms with Crippen molar-refractivity contribution in [2.75, 3.05) is 6.16 Å². The molecule has 0 bridgehead atoms. The Bertz CT molecular complexity index is 752. The van der Waals surface area contributed by atoms with Gasteiger partial charge in [-0.3, -0.25) is 0 Å². The van der Waals surface area contributed by atoms with Gasteiger partial charge >= 0.3 is 0 Å². The van der Waals surface area contributed by atoms with Gasteiger partial charge in [-0.05, 0) is 62.1 Å². The molecule has 1 heteroatoms. The topological polar surface area (TPSA) is 0 Å². The molecular formula is C24H28P+. The lowest BCUT2D eigenvalue weighted by atomic mass is 10.2. The van der Waals surface area contributed by atoms with Crippen LogP contribution in [0.3, 0.4) is 0 Å². The van der Waals surface area contributed by atoms with Crippen LogP contribution in [0.15, 0.2) is 72.8 Å². The Labute approximate surface area is 153 Å². The van der Waals surface area contributed by atoms with Crippen LogP contribution < -0.4 is 15.9 Å². The molecule has 0 heterocycles. The van der Waals surface area contributed by atoms with Crippen molar-refractivity contribution in [2.45, 2.75) is 34.1 Å². The SMILES string of the molecule is CCC[P+](c1ccccc1C)(c1ccccc1C)c1ccccc1C. The lowest BCUT2D eigenvalue weighted by Gasteiger charge is -2.30. The van der Waals surface area contributed by atoms with Crippen LogP contribution in [-0.4, -0.2) is 6.16 Å². The molecule has 0 aliphatic carbocycles. The molecule has 0 saturated heterocycles. The van der Waals surface area contributed by atoms with Gasteiger partial charge in [-0.15, -0.1) is 0 Å². The summed E-state index contributed by atoms with van der Waals surface area (Å²) < 4.78 is 0. The van der Waals surface area contributed by atoms with Crippen LogP contribution in [0.25, 0.3) is 0 Å². The highest BCUT2D eigenvalue weighted by molar-refractivity contribution is 7.96. The van der Waals surface area contributed by atoms with Crippen LogP contribution in [0.1, 0.15) is 30.0 Å². The highest BCUT2D eigenvalue weighted by Crippen LogP contribution is 2.57. The number of benzene rings is 3. The van der Waals surface area contributed by atoms with E-state index in [2.05, 4.69) is 100 Å². The molecular weight excluding hydrogens is 319 g/mol. The van der Waals surface area contributed by atoms with Gasteiger partial charge in [-0.1, -0.05) is 61.5 Å². The van der Waals surface area contributed by atoms with E-state index in [1.807, 2.05) is 0 Å². The first-order valence-electron chi connectivity index (χ1n) is 9.18. The smallest absolute Gasteiger partial charge is 0.0619 e. The van der Waals surface area contributed by atoms with Crippen LogP contribution in [-0.2, 0) is 0 Å². The van der Waals surface area contributed by atoms with Gasteiger partial charge in [0.25, 0.3) is 0 Å². The highest BCUT2D eigenvalue weighted by Gasteiger charge is 2.47. The van der Waals surface area contributed by atoms with E-state index in [-0.39, 0.29) is 0 Å². The van der Waals surface area contributed by atoms with Crippen LogP contribution in [0.5, 0.6) is 0 Å². The molecule has 25 heavy (non-hydrogen) atoms. The summed E-state index contributed by atoms with van der Waals surface area (Å²) in [7, 11) is -1.67. The van der Waals surface area contributed by atoms with Gasteiger partial charge in [-0.25, -0.2) is 0 Å². The van der Waals surface area contributed by atoms with Gasteiger partial charge in [0.15, 0.2) is 0 Å². The Hall–Kier alpha value is -1.91. The van der Waals surface area contributed by atoms with E-state index in [1.165, 1.54) is 29.3 Å². The summed E-state index contributed by atoms with van der Waals surface area (Å²) in [4.78, 5) is 0. The molecule has 0 fully saturated rings. The summed E-state index contributed by atoms with van der Waals surface area (Å²) in [6.45, 7) is 9.15. The molecule has 0 nitrogen and oxygen atoms in total. The Kier molecular flexibility index (Phi) is 5.40. The lowest BCUT2D eigenvalue weighted by Crippen LogP contribution is -2.36. The molecule has 3 aromatic rings. The first-order valence-corrected chi connectivity index (χ1v) is 11.2. The van der Waals surface area contributed by atoms with Crippen LogP contribution in [0, 0.1) is 20.8 Å². The van der Waals surface area contributed by atoms with Crippen molar-refractivity contribution in [3.8, 4) is 0 Å². The highest BCUT2D eigenvalue weighted by atomic mass is 31.2. The van der Waals surface area contributed by atoms with Crippen molar-refractivity contribution >= 4 is 23.2 Å². The summed E-state index contributed by atoms with van der Waals surface area (Å²) in [5.41, 5.74) is 4.24. The van der Waals surface area contributed by atoms with Crippen molar-refractivity contribution in [3.63, 3.8) is 0 Å². The van der Waals surface area contributed by atoms with E-state index in [9.17, 15) is 0 Å². The monoisotopic (exact) mass is 347 g/mol. The number of rotatable bonds is 5. The van der Waals surface area contributed by atoms with Crippen molar-refractivity contribution in [2.24, 2.45) is 0 Å². The first-order chi connectivity index (χ1) is 12.1. The first kappa shape index (κ1) is 17.9.